The predicted octanol–water partition coefficient (Wildman–Crippen LogP) is 0.762. The van der Waals surface area contributed by atoms with Crippen molar-refractivity contribution in [3.05, 3.63) is 29.8 Å². The topological polar surface area (TPSA) is 58.4 Å². The summed E-state index contributed by atoms with van der Waals surface area (Å²) in [4.78, 5) is 13.5. The SMILES string of the molecule is CC(c1cccc(N)c1)N1CCNC(=O)C1. The minimum atomic E-state index is 0.0991. The van der Waals surface area contributed by atoms with E-state index in [4.69, 9.17) is 5.73 Å². The number of nitrogen functional groups attached to an aromatic ring is 1. The molecule has 3 N–H and O–H groups in total. The van der Waals surface area contributed by atoms with Gasteiger partial charge in [-0.15, -0.1) is 0 Å². The van der Waals surface area contributed by atoms with E-state index >= 15 is 0 Å². The van der Waals surface area contributed by atoms with Crippen molar-refractivity contribution in [1.82, 2.24) is 10.2 Å². The maximum Gasteiger partial charge on any atom is 0.234 e. The molecule has 1 atom stereocenters. The molecule has 1 fully saturated rings. The van der Waals surface area contributed by atoms with Gasteiger partial charge in [-0.3, -0.25) is 9.69 Å². The number of benzene rings is 1. The molecule has 1 aromatic rings. The monoisotopic (exact) mass is 219 g/mol. The molecule has 1 aliphatic heterocycles. The number of nitrogens with one attached hydrogen (secondary N) is 1. The number of carbonyl (C=O) groups is 1. The number of anilines is 1. The van der Waals surface area contributed by atoms with Crippen LogP contribution in [0.5, 0.6) is 0 Å². The number of hydrogen-bond acceptors (Lipinski definition) is 3. The first-order valence-corrected chi connectivity index (χ1v) is 5.53. The summed E-state index contributed by atoms with van der Waals surface area (Å²) < 4.78 is 0. The lowest BCUT2D eigenvalue weighted by molar-refractivity contribution is -0.124. The highest BCUT2D eigenvalue weighted by molar-refractivity contribution is 5.78. The van der Waals surface area contributed by atoms with Crippen molar-refractivity contribution in [1.29, 1.82) is 0 Å². The molecule has 16 heavy (non-hydrogen) atoms. The highest BCUT2D eigenvalue weighted by atomic mass is 16.2. The molecular weight excluding hydrogens is 202 g/mol. The van der Waals surface area contributed by atoms with E-state index < -0.39 is 0 Å². The summed E-state index contributed by atoms with van der Waals surface area (Å²) in [5, 5.41) is 2.82. The van der Waals surface area contributed by atoms with Crippen molar-refractivity contribution < 1.29 is 4.79 Å². The second-order valence-corrected chi connectivity index (χ2v) is 4.17. The molecule has 1 amide bonds. The van der Waals surface area contributed by atoms with E-state index in [-0.39, 0.29) is 11.9 Å². The van der Waals surface area contributed by atoms with Gasteiger partial charge in [-0.1, -0.05) is 12.1 Å². The lowest BCUT2D eigenvalue weighted by atomic mass is 10.1. The first-order valence-electron chi connectivity index (χ1n) is 5.53. The summed E-state index contributed by atoms with van der Waals surface area (Å²) >= 11 is 0. The third-order valence-electron chi connectivity index (χ3n) is 3.01. The smallest absolute Gasteiger partial charge is 0.234 e. The number of hydrogen-bond donors (Lipinski definition) is 2. The van der Waals surface area contributed by atoms with Crippen molar-refractivity contribution in [2.45, 2.75) is 13.0 Å². The Balaban J connectivity index is 2.12. The Hall–Kier alpha value is -1.55. The highest BCUT2D eigenvalue weighted by Crippen LogP contribution is 2.21. The van der Waals surface area contributed by atoms with Gasteiger partial charge in [0.1, 0.15) is 0 Å². The third-order valence-corrected chi connectivity index (χ3v) is 3.01. The van der Waals surface area contributed by atoms with Crippen molar-refractivity contribution in [3.8, 4) is 0 Å². The van der Waals surface area contributed by atoms with Crippen LogP contribution in [-0.4, -0.2) is 30.4 Å². The lowest BCUT2D eigenvalue weighted by Crippen LogP contribution is -2.48. The molecule has 0 aliphatic carbocycles. The zero-order valence-corrected chi connectivity index (χ0v) is 9.44. The molecule has 0 bridgehead atoms. The molecule has 0 spiro atoms. The fourth-order valence-corrected chi connectivity index (χ4v) is 2.02. The first-order chi connectivity index (χ1) is 7.66. The van der Waals surface area contributed by atoms with E-state index in [2.05, 4.69) is 17.1 Å². The molecule has 1 aliphatic rings. The second-order valence-electron chi connectivity index (χ2n) is 4.17. The van der Waals surface area contributed by atoms with Crippen molar-refractivity contribution >= 4 is 11.6 Å². The average Bonchev–Trinajstić information content (AvgIpc) is 2.28. The maximum absolute atomic E-state index is 11.3. The van der Waals surface area contributed by atoms with Gasteiger partial charge in [0.25, 0.3) is 0 Å². The van der Waals surface area contributed by atoms with Gasteiger partial charge in [0.15, 0.2) is 0 Å². The van der Waals surface area contributed by atoms with Crippen LogP contribution >= 0.6 is 0 Å². The van der Waals surface area contributed by atoms with Crippen LogP contribution in [0.2, 0.25) is 0 Å². The Morgan fingerprint density at radius 1 is 1.50 bits per heavy atom. The zero-order chi connectivity index (χ0) is 11.5. The highest BCUT2D eigenvalue weighted by Gasteiger charge is 2.21. The van der Waals surface area contributed by atoms with E-state index in [1.54, 1.807) is 0 Å². The molecular formula is C12H17N3O. The van der Waals surface area contributed by atoms with E-state index in [9.17, 15) is 4.79 Å². The molecule has 0 radical (unpaired) electrons. The summed E-state index contributed by atoms with van der Waals surface area (Å²) in [7, 11) is 0. The molecule has 0 saturated carbocycles. The van der Waals surface area contributed by atoms with Crippen LogP contribution in [0.1, 0.15) is 18.5 Å². The predicted molar refractivity (Wildman–Crippen MR) is 63.9 cm³/mol. The molecule has 2 rings (SSSR count). The number of rotatable bonds is 2. The Labute approximate surface area is 95.4 Å². The fourth-order valence-electron chi connectivity index (χ4n) is 2.02. The van der Waals surface area contributed by atoms with E-state index in [0.717, 1.165) is 24.3 Å². The average molecular weight is 219 g/mol. The third kappa shape index (κ3) is 2.33. The molecule has 0 aromatic heterocycles. The van der Waals surface area contributed by atoms with Crippen LogP contribution in [0.25, 0.3) is 0 Å². The largest absolute Gasteiger partial charge is 0.399 e. The minimum Gasteiger partial charge on any atom is -0.399 e. The van der Waals surface area contributed by atoms with Crippen LogP contribution in [0.15, 0.2) is 24.3 Å². The van der Waals surface area contributed by atoms with Crippen molar-refractivity contribution in [3.63, 3.8) is 0 Å². The van der Waals surface area contributed by atoms with Crippen LogP contribution < -0.4 is 11.1 Å². The second kappa shape index (κ2) is 4.53. The van der Waals surface area contributed by atoms with Gasteiger partial charge >= 0.3 is 0 Å². The molecule has 4 nitrogen and oxygen atoms in total. The summed E-state index contributed by atoms with van der Waals surface area (Å²) in [6.45, 7) is 4.19. The van der Waals surface area contributed by atoms with Gasteiger partial charge in [0, 0.05) is 24.8 Å². The number of nitrogens with two attached hydrogens (primary N) is 1. The Kier molecular flexibility index (Phi) is 3.10. The first kappa shape index (κ1) is 11.0. The van der Waals surface area contributed by atoms with E-state index in [0.29, 0.717) is 6.54 Å². The zero-order valence-electron chi connectivity index (χ0n) is 9.44. The molecule has 86 valence electrons. The maximum atomic E-state index is 11.3. The summed E-state index contributed by atoms with van der Waals surface area (Å²) in [6.07, 6.45) is 0. The number of nitrogens with zero attached hydrogens (tertiary/aromatic N) is 1. The van der Waals surface area contributed by atoms with Gasteiger partial charge in [0.05, 0.1) is 6.54 Å². The Morgan fingerprint density at radius 3 is 3.00 bits per heavy atom. The summed E-state index contributed by atoms with van der Waals surface area (Å²) in [6, 6.07) is 8.07. The molecule has 4 heteroatoms. The summed E-state index contributed by atoms with van der Waals surface area (Å²) in [5.74, 6) is 0.0991. The fraction of sp³-hybridized carbons (Fsp3) is 0.417. The van der Waals surface area contributed by atoms with Crippen LogP contribution in [0.3, 0.4) is 0 Å². The van der Waals surface area contributed by atoms with Gasteiger partial charge in [-0.25, -0.2) is 0 Å². The normalized spacial score (nSPS) is 19.2. The van der Waals surface area contributed by atoms with Gasteiger partial charge in [-0.2, -0.15) is 0 Å². The van der Waals surface area contributed by atoms with Gasteiger partial charge in [-0.05, 0) is 24.6 Å². The lowest BCUT2D eigenvalue weighted by Gasteiger charge is -2.32. The molecule has 1 saturated heterocycles. The van der Waals surface area contributed by atoms with Crippen LogP contribution in [0.4, 0.5) is 5.69 Å². The molecule has 1 unspecified atom stereocenters. The number of carbonyl (C=O) groups excluding carboxylic acids is 1. The molecule has 1 heterocycles. The minimum absolute atomic E-state index is 0.0991. The van der Waals surface area contributed by atoms with Gasteiger partial charge in [0.2, 0.25) is 5.91 Å². The quantitative estimate of drug-likeness (QED) is 0.722. The van der Waals surface area contributed by atoms with Crippen LogP contribution in [0, 0.1) is 0 Å². The van der Waals surface area contributed by atoms with Crippen molar-refractivity contribution in [2.75, 3.05) is 25.4 Å². The van der Waals surface area contributed by atoms with Crippen LogP contribution in [-0.2, 0) is 4.79 Å². The van der Waals surface area contributed by atoms with Gasteiger partial charge < -0.3 is 11.1 Å². The van der Waals surface area contributed by atoms with E-state index in [1.807, 2.05) is 24.3 Å². The van der Waals surface area contributed by atoms with E-state index in [1.165, 1.54) is 0 Å². The Morgan fingerprint density at radius 2 is 2.31 bits per heavy atom. The Bertz CT molecular complexity index is 392. The number of amides is 1. The van der Waals surface area contributed by atoms with Crippen molar-refractivity contribution in [2.24, 2.45) is 0 Å². The molecule has 1 aromatic carbocycles. The standard InChI is InChI=1S/C12H17N3O/c1-9(10-3-2-4-11(13)7-10)15-6-5-14-12(16)8-15/h2-4,7,9H,5-6,8,13H2,1H3,(H,14,16). The summed E-state index contributed by atoms with van der Waals surface area (Å²) in [5.41, 5.74) is 7.69. The number of piperazine rings is 1.